The summed E-state index contributed by atoms with van der Waals surface area (Å²) in [4.78, 5) is 8.56. The molecule has 0 aliphatic carbocycles. The van der Waals surface area contributed by atoms with Crippen LogP contribution >= 0.6 is 0 Å². The number of aryl methyl sites for hydroxylation is 1. The number of fused-ring (bicyclic) bond motifs is 2. The SMILES string of the molecule is Cc1c(OC[C@H]2CO2)cn2ncnc(Oc3ccc4c(c3F)=CC(C)N=4)c12. The lowest BCUT2D eigenvalue weighted by Gasteiger charge is -2.08. The van der Waals surface area contributed by atoms with Crippen LogP contribution in [-0.2, 0) is 4.74 Å². The maximum atomic E-state index is 14.9. The lowest BCUT2D eigenvalue weighted by Crippen LogP contribution is -2.25. The average Bonchev–Trinajstić information content (AvgIpc) is 3.32. The number of hydrogen-bond donors (Lipinski definition) is 0. The van der Waals surface area contributed by atoms with Crippen LogP contribution in [0.25, 0.3) is 11.6 Å². The van der Waals surface area contributed by atoms with Gasteiger partial charge in [-0.15, -0.1) is 0 Å². The third-order valence-corrected chi connectivity index (χ3v) is 4.65. The number of halogens is 1. The van der Waals surface area contributed by atoms with Gasteiger partial charge in [0.05, 0.1) is 24.2 Å². The van der Waals surface area contributed by atoms with Gasteiger partial charge in [0.2, 0.25) is 5.88 Å². The predicted molar refractivity (Wildman–Crippen MR) is 94.1 cm³/mol. The molecule has 0 saturated carbocycles. The molecule has 2 aliphatic heterocycles. The third-order valence-electron chi connectivity index (χ3n) is 4.65. The van der Waals surface area contributed by atoms with E-state index in [2.05, 4.69) is 15.1 Å². The Morgan fingerprint density at radius 2 is 2.19 bits per heavy atom. The highest BCUT2D eigenvalue weighted by molar-refractivity contribution is 5.67. The summed E-state index contributed by atoms with van der Waals surface area (Å²) in [5, 5.41) is 5.30. The Labute approximate surface area is 153 Å². The van der Waals surface area contributed by atoms with Crippen LogP contribution in [0.5, 0.6) is 17.4 Å². The van der Waals surface area contributed by atoms with Crippen molar-refractivity contribution in [3.05, 3.63) is 46.6 Å². The second-order valence-electron chi connectivity index (χ2n) is 6.69. The van der Waals surface area contributed by atoms with Gasteiger partial charge in [-0.05, 0) is 32.1 Å². The molecule has 3 aromatic rings. The van der Waals surface area contributed by atoms with Crippen molar-refractivity contribution >= 4 is 11.6 Å². The molecular formula is C19H17FN4O3. The maximum absolute atomic E-state index is 14.9. The zero-order chi connectivity index (χ0) is 18.5. The van der Waals surface area contributed by atoms with Crippen LogP contribution in [0.15, 0.2) is 29.6 Å². The average molecular weight is 368 g/mol. The van der Waals surface area contributed by atoms with E-state index in [0.29, 0.717) is 28.4 Å². The van der Waals surface area contributed by atoms with Gasteiger partial charge in [-0.2, -0.15) is 10.1 Å². The third kappa shape index (κ3) is 2.82. The summed E-state index contributed by atoms with van der Waals surface area (Å²) >= 11 is 0. The largest absolute Gasteiger partial charge is 0.489 e. The number of ether oxygens (including phenoxy) is 3. The van der Waals surface area contributed by atoms with Gasteiger partial charge in [0.1, 0.15) is 30.3 Å². The Kier molecular flexibility index (Phi) is 3.61. The molecule has 0 spiro atoms. The van der Waals surface area contributed by atoms with Gasteiger partial charge in [0.15, 0.2) is 11.6 Å². The number of hydrogen-bond acceptors (Lipinski definition) is 6. The van der Waals surface area contributed by atoms with E-state index in [1.807, 2.05) is 13.8 Å². The van der Waals surface area contributed by atoms with Crippen LogP contribution in [0.3, 0.4) is 0 Å². The van der Waals surface area contributed by atoms with E-state index in [1.54, 1.807) is 28.9 Å². The van der Waals surface area contributed by atoms with Crippen LogP contribution in [0.4, 0.5) is 4.39 Å². The minimum atomic E-state index is -0.441. The highest BCUT2D eigenvalue weighted by Gasteiger charge is 2.24. The van der Waals surface area contributed by atoms with Crippen molar-refractivity contribution in [1.29, 1.82) is 0 Å². The van der Waals surface area contributed by atoms with Crippen molar-refractivity contribution in [2.75, 3.05) is 13.2 Å². The molecule has 138 valence electrons. The molecule has 7 nitrogen and oxygen atoms in total. The minimum absolute atomic E-state index is 0.0430. The molecule has 8 heteroatoms. The molecule has 2 aliphatic rings. The fourth-order valence-electron chi connectivity index (χ4n) is 3.19. The smallest absolute Gasteiger partial charge is 0.247 e. The van der Waals surface area contributed by atoms with Crippen LogP contribution < -0.4 is 20.0 Å². The predicted octanol–water partition coefficient (Wildman–Crippen LogP) is 1.55. The molecular weight excluding hydrogens is 351 g/mol. The van der Waals surface area contributed by atoms with Crippen LogP contribution in [0, 0.1) is 12.7 Å². The van der Waals surface area contributed by atoms with Gasteiger partial charge in [-0.25, -0.2) is 8.91 Å². The number of epoxide rings is 1. The fourth-order valence-corrected chi connectivity index (χ4v) is 3.19. The second kappa shape index (κ2) is 6.02. The summed E-state index contributed by atoms with van der Waals surface area (Å²) in [5.41, 5.74) is 1.45. The number of benzene rings is 1. The Morgan fingerprint density at radius 1 is 1.33 bits per heavy atom. The number of rotatable bonds is 5. The van der Waals surface area contributed by atoms with E-state index in [9.17, 15) is 4.39 Å². The first kappa shape index (κ1) is 16.2. The molecule has 2 aromatic heterocycles. The summed E-state index contributed by atoms with van der Waals surface area (Å²) in [5.74, 6) is 0.598. The van der Waals surface area contributed by atoms with E-state index in [-0.39, 0.29) is 23.8 Å². The van der Waals surface area contributed by atoms with E-state index in [0.717, 1.165) is 12.2 Å². The summed E-state index contributed by atoms with van der Waals surface area (Å²) in [6.45, 7) is 5.01. The van der Waals surface area contributed by atoms with Crippen LogP contribution in [0.2, 0.25) is 0 Å². The van der Waals surface area contributed by atoms with Gasteiger partial charge in [0, 0.05) is 10.8 Å². The first-order valence-electron chi connectivity index (χ1n) is 8.73. The van der Waals surface area contributed by atoms with Crippen molar-refractivity contribution in [3.63, 3.8) is 0 Å². The van der Waals surface area contributed by atoms with Crippen molar-refractivity contribution in [3.8, 4) is 17.4 Å². The van der Waals surface area contributed by atoms with Gasteiger partial charge in [0.25, 0.3) is 0 Å². The summed E-state index contributed by atoms with van der Waals surface area (Å²) in [6.07, 6.45) is 5.06. The molecule has 1 fully saturated rings. The van der Waals surface area contributed by atoms with Gasteiger partial charge in [-0.1, -0.05) is 0 Å². The Balaban J connectivity index is 1.53. The summed E-state index contributed by atoms with van der Waals surface area (Å²) in [7, 11) is 0. The molecule has 4 heterocycles. The minimum Gasteiger partial charge on any atom is -0.489 e. The maximum Gasteiger partial charge on any atom is 0.247 e. The molecule has 1 saturated heterocycles. The lowest BCUT2D eigenvalue weighted by atomic mass is 10.2. The topological polar surface area (TPSA) is 73.5 Å². The summed E-state index contributed by atoms with van der Waals surface area (Å²) < 4.78 is 33.3. The van der Waals surface area contributed by atoms with E-state index < -0.39 is 5.82 Å². The van der Waals surface area contributed by atoms with E-state index >= 15 is 0 Å². The molecule has 0 bridgehead atoms. The van der Waals surface area contributed by atoms with E-state index in [4.69, 9.17) is 14.2 Å². The molecule has 0 amide bonds. The Morgan fingerprint density at radius 3 is 3.00 bits per heavy atom. The Hall–Kier alpha value is -3.00. The second-order valence-corrected chi connectivity index (χ2v) is 6.69. The van der Waals surface area contributed by atoms with Crippen LogP contribution in [-0.4, -0.2) is 40.0 Å². The Bertz CT molecular complexity index is 1170. The first-order valence-corrected chi connectivity index (χ1v) is 8.73. The zero-order valence-corrected chi connectivity index (χ0v) is 14.8. The molecule has 0 radical (unpaired) electrons. The molecule has 27 heavy (non-hydrogen) atoms. The molecule has 1 aromatic carbocycles. The monoisotopic (exact) mass is 368 g/mol. The zero-order valence-electron chi connectivity index (χ0n) is 14.8. The molecule has 1 unspecified atom stereocenters. The first-order chi connectivity index (χ1) is 13.1. The molecule has 2 atom stereocenters. The quantitative estimate of drug-likeness (QED) is 0.639. The van der Waals surface area contributed by atoms with Gasteiger partial charge in [-0.3, -0.25) is 4.99 Å². The van der Waals surface area contributed by atoms with Crippen LogP contribution in [0.1, 0.15) is 12.5 Å². The number of nitrogens with zero attached hydrogens (tertiary/aromatic N) is 4. The lowest BCUT2D eigenvalue weighted by molar-refractivity contribution is 0.262. The number of aromatic nitrogens is 3. The standard InChI is InChI=1S/C19H17FN4O3/c1-10-5-13-14(23-10)3-4-15(17(13)20)27-19-18-11(2)16(26-8-12-7-25-12)6-24(18)22-9-21-19/h3-6,9-10,12H,7-8H2,1-2H3/t10?,12-/m1/s1. The highest BCUT2D eigenvalue weighted by Crippen LogP contribution is 2.32. The highest BCUT2D eigenvalue weighted by atomic mass is 19.1. The van der Waals surface area contributed by atoms with Crippen molar-refractivity contribution in [2.24, 2.45) is 4.99 Å². The normalized spacial score (nSPS) is 20.1. The summed E-state index contributed by atoms with van der Waals surface area (Å²) in [6, 6.07) is 3.28. The molecule has 0 N–H and O–H groups in total. The van der Waals surface area contributed by atoms with E-state index in [1.165, 1.54) is 6.33 Å². The molecule has 5 rings (SSSR count). The van der Waals surface area contributed by atoms with Crippen molar-refractivity contribution in [1.82, 2.24) is 14.6 Å². The van der Waals surface area contributed by atoms with Crippen molar-refractivity contribution < 1.29 is 18.6 Å². The van der Waals surface area contributed by atoms with Gasteiger partial charge >= 0.3 is 0 Å². The van der Waals surface area contributed by atoms with Crippen molar-refractivity contribution in [2.45, 2.75) is 26.0 Å². The van der Waals surface area contributed by atoms with Gasteiger partial charge < -0.3 is 14.2 Å². The fraction of sp³-hybridized carbons (Fsp3) is 0.316.